The molecule has 3 N–H and O–H groups in total. The van der Waals surface area contributed by atoms with Gasteiger partial charge in [-0.1, -0.05) is 20.3 Å². The Bertz CT molecular complexity index is 411. The molecule has 0 bridgehead atoms. The van der Waals surface area contributed by atoms with Gasteiger partial charge in [-0.2, -0.15) is 0 Å². The van der Waals surface area contributed by atoms with Crippen LogP contribution in [0.3, 0.4) is 0 Å². The highest BCUT2D eigenvalue weighted by molar-refractivity contribution is 5.85. The first-order valence-corrected chi connectivity index (χ1v) is 6.91. The lowest BCUT2D eigenvalue weighted by Gasteiger charge is -2.24. The molecule has 1 aromatic heterocycles. The Morgan fingerprint density at radius 1 is 1.63 bits per heavy atom. The van der Waals surface area contributed by atoms with Gasteiger partial charge in [0.2, 0.25) is 5.91 Å². The number of carbonyl (C=O) groups is 1. The van der Waals surface area contributed by atoms with Gasteiger partial charge in [0.05, 0.1) is 5.54 Å². The second kappa shape index (κ2) is 6.70. The third kappa shape index (κ3) is 4.67. The number of amides is 1. The van der Waals surface area contributed by atoms with E-state index in [1.807, 2.05) is 20.0 Å². The molecule has 0 aliphatic rings. The first-order chi connectivity index (χ1) is 8.86. The van der Waals surface area contributed by atoms with Crippen LogP contribution in [0.2, 0.25) is 0 Å². The van der Waals surface area contributed by atoms with Gasteiger partial charge in [0, 0.05) is 25.5 Å². The van der Waals surface area contributed by atoms with E-state index in [1.165, 1.54) is 0 Å². The number of aryl methyl sites for hydroxylation is 1. The quantitative estimate of drug-likeness (QED) is 0.784. The topological polar surface area (TPSA) is 72.9 Å². The lowest BCUT2D eigenvalue weighted by Crippen LogP contribution is -2.52. The monoisotopic (exact) mass is 266 g/mol. The van der Waals surface area contributed by atoms with Crippen LogP contribution in [0.5, 0.6) is 0 Å². The van der Waals surface area contributed by atoms with Gasteiger partial charge in [-0.15, -0.1) is 0 Å². The summed E-state index contributed by atoms with van der Waals surface area (Å²) < 4.78 is 2.09. The van der Waals surface area contributed by atoms with Gasteiger partial charge >= 0.3 is 0 Å². The zero-order chi connectivity index (χ0) is 14.5. The van der Waals surface area contributed by atoms with Crippen molar-refractivity contribution in [3.63, 3.8) is 0 Å². The fourth-order valence-electron chi connectivity index (χ4n) is 2.10. The molecule has 0 aliphatic heterocycles. The van der Waals surface area contributed by atoms with E-state index >= 15 is 0 Å². The third-order valence-corrected chi connectivity index (χ3v) is 3.33. The maximum absolute atomic E-state index is 12.0. The van der Waals surface area contributed by atoms with Gasteiger partial charge in [0.25, 0.3) is 0 Å². The molecule has 2 atom stereocenters. The van der Waals surface area contributed by atoms with Crippen molar-refractivity contribution in [2.75, 3.05) is 6.54 Å². The molecule has 0 saturated carbocycles. The van der Waals surface area contributed by atoms with E-state index in [1.54, 1.807) is 13.1 Å². The van der Waals surface area contributed by atoms with Gasteiger partial charge in [-0.05, 0) is 26.2 Å². The number of hydrogen-bond donors (Lipinski definition) is 2. The minimum atomic E-state index is -0.764. The number of hydrogen-bond acceptors (Lipinski definition) is 3. The van der Waals surface area contributed by atoms with Crippen LogP contribution in [0.15, 0.2) is 12.4 Å². The van der Waals surface area contributed by atoms with Gasteiger partial charge in [0.15, 0.2) is 0 Å². The average Bonchev–Trinajstić information content (AvgIpc) is 2.72. The highest BCUT2D eigenvalue weighted by atomic mass is 16.2. The van der Waals surface area contributed by atoms with Crippen molar-refractivity contribution in [2.45, 2.75) is 52.6 Å². The standard InChI is InChI=1S/C14H26N4O/c1-5-6-14(4,15)13(19)17-9-11(2)10-18-8-7-16-12(18)3/h7-8,11H,5-6,9-10,15H2,1-4H3,(H,17,19). The van der Waals surface area contributed by atoms with Crippen LogP contribution in [-0.2, 0) is 11.3 Å². The zero-order valence-corrected chi connectivity index (χ0v) is 12.4. The maximum atomic E-state index is 12.0. The lowest BCUT2D eigenvalue weighted by atomic mass is 9.96. The molecule has 1 amide bonds. The molecule has 108 valence electrons. The van der Waals surface area contributed by atoms with E-state index in [-0.39, 0.29) is 5.91 Å². The van der Waals surface area contributed by atoms with Crippen LogP contribution in [0.1, 0.15) is 39.4 Å². The summed E-state index contributed by atoms with van der Waals surface area (Å²) in [7, 11) is 0. The van der Waals surface area contributed by atoms with Crippen molar-refractivity contribution in [1.29, 1.82) is 0 Å². The van der Waals surface area contributed by atoms with E-state index < -0.39 is 5.54 Å². The molecule has 0 radical (unpaired) electrons. The minimum absolute atomic E-state index is 0.0662. The van der Waals surface area contributed by atoms with Crippen molar-refractivity contribution >= 4 is 5.91 Å². The fraction of sp³-hybridized carbons (Fsp3) is 0.714. The third-order valence-electron chi connectivity index (χ3n) is 3.33. The van der Waals surface area contributed by atoms with Gasteiger partial charge in [-0.3, -0.25) is 4.79 Å². The molecule has 0 fully saturated rings. The fourth-order valence-corrected chi connectivity index (χ4v) is 2.10. The van der Waals surface area contributed by atoms with Crippen LogP contribution in [0.4, 0.5) is 0 Å². The van der Waals surface area contributed by atoms with E-state index in [4.69, 9.17) is 5.73 Å². The van der Waals surface area contributed by atoms with Gasteiger partial charge in [-0.25, -0.2) is 4.98 Å². The second-order valence-electron chi connectivity index (χ2n) is 5.61. The van der Waals surface area contributed by atoms with Crippen LogP contribution < -0.4 is 11.1 Å². The van der Waals surface area contributed by atoms with Crippen molar-refractivity contribution < 1.29 is 4.79 Å². The molecule has 19 heavy (non-hydrogen) atoms. The van der Waals surface area contributed by atoms with Crippen molar-refractivity contribution in [1.82, 2.24) is 14.9 Å². The number of nitrogens with one attached hydrogen (secondary N) is 1. The number of nitrogens with zero attached hydrogens (tertiary/aromatic N) is 2. The van der Waals surface area contributed by atoms with Crippen molar-refractivity contribution in [2.24, 2.45) is 11.7 Å². The summed E-state index contributed by atoms with van der Waals surface area (Å²) in [5.41, 5.74) is 5.23. The predicted octanol–water partition coefficient (Wildman–Crippen LogP) is 1.46. The zero-order valence-electron chi connectivity index (χ0n) is 12.4. The van der Waals surface area contributed by atoms with Crippen LogP contribution in [0, 0.1) is 12.8 Å². The van der Waals surface area contributed by atoms with Crippen LogP contribution >= 0.6 is 0 Å². The van der Waals surface area contributed by atoms with Crippen LogP contribution in [0.25, 0.3) is 0 Å². The first-order valence-electron chi connectivity index (χ1n) is 6.91. The number of nitrogens with two attached hydrogens (primary N) is 1. The summed E-state index contributed by atoms with van der Waals surface area (Å²) in [6, 6.07) is 0. The smallest absolute Gasteiger partial charge is 0.239 e. The molecular formula is C14H26N4O. The maximum Gasteiger partial charge on any atom is 0.239 e. The summed E-state index contributed by atoms with van der Waals surface area (Å²) in [5, 5.41) is 2.94. The van der Waals surface area contributed by atoms with E-state index in [2.05, 4.69) is 21.8 Å². The van der Waals surface area contributed by atoms with Gasteiger partial charge in [0.1, 0.15) is 5.82 Å². The number of rotatable bonds is 7. The summed E-state index contributed by atoms with van der Waals surface area (Å²) in [5.74, 6) is 1.27. The Hall–Kier alpha value is -1.36. The average molecular weight is 266 g/mol. The summed E-state index contributed by atoms with van der Waals surface area (Å²) in [4.78, 5) is 16.2. The number of carbonyl (C=O) groups excluding carboxylic acids is 1. The summed E-state index contributed by atoms with van der Waals surface area (Å²) in [6.45, 7) is 9.38. The number of imidazole rings is 1. The van der Waals surface area contributed by atoms with Crippen LogP contribution in [-0.4, -0.2) is 27.5 Å². The molecule has 5 heteroatoms. The van der Waals surface area contributed by atoms with E-state index in [0.29, 0.717) is 18.9 Å². The second-order valence-corrected chi connectivity index (χ2v) is 5.61. The van der Waals surface area contributed by atoms with Crippen molar-refractivity contribution in [3.05, 3.63) is 18.2 Å². The molecule has 1 rings (SSSR count). The van der Waals surface area contributed by atoms with Crippen molar-refractivity contribution in [3.8, 4) is 0 Å². The predicted molar refractivity (Wildman–Crippen MR) is 76.6 cm³/mol. The molecule has 0 spiro atoms. The lowest BCUT2D eigenvalue weighted by molar-refractivity contribution is -0.126. The Labute approximate surface area is 115 Å². The SMILES string of the molecule is CCCC(C)(N)C(=O)NCC(C)Cn1ccnc1C. The van der Waals surface area contributed by atoms with E-state index in [9.17, 15) is 4.79 Å². The highest BCUT2D eigenvalue weighted by Gasteiger charge is 2.26. The first kappa shape index (κ1) is 15.7. The Morgan fingerprint density at radius 2 is 2.32 bits per heavy atom. The summed E-state index contributed by atoms with van der Waals surface area (Å²) >= 11 is 0. The molecule has 5 nitrogen and oxygen atoms in total. The molecule has 0 aromatic carbocycles. The summed E-state index contributed by atoms with van der Waals surface area (Å²) in [6.07, 6.45) is 5.36. The molecule has 1 aromatic rings. The number of aromatic nitrogens is 2. The Morgan fingerprint density at radius 3 is 2.84 bits per heavy atom. The molecule has 0 saturated heterocycles. The highest BCUT2D eigenvalue weighted by Crippen LogP contribution is 2.09. The molecule has 2 unspecified atom stereocenters. The molecule has 1 heterocycles. The molecular weight excluding hydrogens is 240 g/mol. The largest absolute Gasteiger partial charge is 0.354 e. The normalized spacial score (nSPS) is 15.8. The van der Waals surface area contributed by atoms with Gasteiger partial charge < -0.3 is 15.6 Å². The Balaban J connectivity index is 2.40. The molecule has 0 aliphatic carbocycles. The minimum Gasteiger partial charge on any atom is -0.354 e. The Kier molecular flexibility index (Phi) is 5.54. The van der Waals surface area contributed by atoms with E-state index in [0.717, 1.165) is 18.8 Å².